The van der Waals surface area contributed by atoms with E-state index in [4.69, 9.17) is 4.74 Å². The van der Waals surface area contributed by atoms with Gasteiger partial charge in [-0.25, -0.2) is 14.4 Å². The molecule has 0 saturated carbocycles. The molecule has 0 saturated heterocycles. The normalized spacial score (nSPS) is 14.5. The molecule has 2 aromatic heterocycles. The molecule has 1 aliphatic heterocycles. The molecular formula is C24H25FN6O3. The van der Waals surface area contributed by atoms with E-state index in [0.29, 0.717) is 40.4 Å². The summed E-state index contributed by atoms with van der Waals surface area (Å²) in [5.41, 5.74) is 4.13. The van der Waals surface area contributed by atoms with E-state index >= 15 is 0 Å². The summed E-state index contributed by atoms with van der Waals surface area (Å²) >= 11 is 0. The Morgan fingerprint density at radius 2 is 2.21 bits per heavy atom. The lowest BCUT2D eigenvalue weighted by atomic mass is 10.2. The Kier molecular flexibility index (Phi) is 6.58. The summed E-state index contributed by atoms with van der Waals surface area (Å²) in [6, 6.07) is 6.93. The van der Waals surface area contributed by atoms with Crippen LogP contribution in [0.4, 0.5) is 15.8 Å². The molecule has 0 spiro atoms. The van der Waals surface area contributed by atoms with Gasteiger partial charge in [-0.2, -0.15) is 0 Å². The van der Waals surface area contributed by atoms with Crippen molar-refractivity contribution >= 4 is 34.2 Å². The van der Waals surface area contributed by atoms with Gasteiger partial charge in [0.15, 0.2) is 6.17 Å². The van der Waals surface area contributed by atoms with Crippen molar-refractivity contribution in [3.05, 3.63) is 76.3 Å². The number of hydrogen-bond donors (Lipinski definition) is 3. The minimum Gasteiger partial charge on any atom is -0.480 e. The summed E-state index contributed by atoms with van der Waals surface area (Å²) in [5.74, 6) is -0.305. The van der Waals surface area contributed by atoms with Gasteiger partial charge >= 0.3 is 0 Å². The van der Waals surface area contributed by atoms with Gasteiger partial charge in [-0.1, -0.05) is 23.8 Å². The zero-order chi connectivity index (χ0) is 24.2. The van der Waals surface area contributed by atoms with Crippen molar-refractivity contribution in [1.29, 1.82) is 0 Å². The standard InChI is InChI=1S/C24H25FN6O3/c1-14-7-8-18(23(34-3)26-10-14)30-19-12-31(24(33)21-20(19)27-13-28-21)11-16-5-4-6-17(9-16)29-22(32)15(2)25/h4-6,8-10,12-13,15,30H,7,11H2,1-3H3,(H,27,28)(H,29,32). The third kappa shape index (κ3) is 4.90. The molecule has 4 rings (SSSR count). The second kappa shape index (κ2) is 9.74. The van der Waals surface area contributed by atoms with Gasteiger partial charge in [0, 0.05) is 18.1 Å². The van der Waals surface area contributed by atoms with E-state index in [0.717, 1.165) is 11.1 Å². The summed E-state index contributed by atoms with van der Waals surface area (Å²) in [5, 5.41) is 5.83. The number of benzene rings is 1. The van der Waals surface area contributed by atoms with Crippen LogP contribution < -0.4 is 16.2 Å². The summed E-state index contributed by atoms with van der Waals surface area (Å²) in [6.07, 6.45) is 5.93. The highest BCUT2D eigenvalue weighted by Crippen LogP contribution is 2.22. The Morgan fingerprint density at radius 3 is 2.97 bits per heavy atom. The Hall–Kier alpha value is -4.21. The number of anilines is 2. The first-order valence-electron chi connectivity index (χ1n) is 10.7. The molecule has 176 valence electrons. The van der Waals surface area contributed by atoms with E-state index in [9.17, 15) is 14.0 Å². The van der Waals surface area contributed by atoms with Gasteiger partial charge in [-0.05, 0) is 38.0 Å². The molecule has 3 aromatic rings. The van der Waals surface area contributed by atoms with Crippen LogP contribution in [0, 0.1) is 0 Å². The molecule has 0 radical (unpaired) electrons. The van der Waals surface area contributed by atoms with Gasteiger partial charge in [0.05, 0.1) is 31.4 Å². The lowest BCUT2D eigenvalue weighted by Crippen LogP contribution is -2.23. The lowest BCUT2D eigenvalue weighted by molar-refractivity contribution is -0.120. The van der Waals surface area contributed by atoms with E-state index in [2.05, 4.69) is 25.6 Å². The number of alkyl halides is 1. The van der Waals surface area contributed by atoms with Gasteiger partial charge in [0.1, 0.15) is 11.0 Å². The average Bonchev–Trinajstić information content (AvgIpc) is 3.24. The molecule has 0 fully saturated rings. The molecule has 10 heteroatoms. The highest BCUT2D eigenvalue weighted by atomic mass is 19.1. The number of pyridine rings is 1. The number of allylic oxidation sites excluding steroid dienone is 2. The fourth-order valence-corrected chi connectivity index (χ4v) is 3.53. The van der Waals surface area contributed by atoms with Crippen LogP contribution in [0.25, 0.3) is 11.0 Å². The van der Waals surface area contributed by atoms with E-state index in [-0.39, 0.29) is 12.1 Å². The molecule has 1 amide bonds. The summed E-state index contributed by atoms with van der Waals surface area (Å²) in [4.78, 5) is 36.4. The van der Waals surface area contributed by atoms with Crippen molar-refractivity contribution < 1.29 is 13.9 Å². The topological polar surface area (TPSA) is 113 Å². The molecule has 34 heavy (non-hydrogen) atoms. The second-order valence-corrected chi connectivity index (χ2v) is 7.97. The Bertz CT molecular complexity index is 1380. The number of hydrogen-bond acceptors (Lipinski definition) is 6. The molecule has 0 aliphatic carbocycles. The van der Waals surface area contributed by atoms with Crippen molar-refractivity contribution in [2.75, 3.05) is 17.7 Å². The number of fused-ring (bicyclic) bond motifs is 1. The zero-order valence-corrected chi connectivity index (χ0v) is 19.1. The fraction of sp³-hybridized carbons (Fsp3) is 0.250. The second-order valence-electron chi connectivity index (χ2n) is 7.97. The number of ether oxygens (including phenoxy) is 1. The van der Waals surface area contributed by atoms with Crippen molar-refractivity contribution in [2.24, 2.45) is 4.99 Å². The fourth-order valence-electron chi connectivity index (χ4n) is 3.53. The van der Waals surface area contributed by atoms with E-state index in [1.807, 2.05) is 19.1 Å². The molecule has 3 N–H and O–H groups in total. The van der Waals surface area contributed by atoms with Crippen LogP contribution in [0.15, 0.2) is 70.1 Å². The van der Waals surface area contributed by atoms with E-state index in [1.54, 1.807) is 37.7 Å². The number of imidazole rings is 1. The lowest BCUT2D eigenvalue weighted by Gasteiger charge is -2.15. The number of rotatable bonds is 6. The zero-order valence-electron chi connectivity index (χ0n) is 19.1. The molecule has 1 unspecified atom stereocenters. The number of carbonyl (C=O) groups is 1. The Morgan fingerprint density at radius 1 is 1.38 bits per heavy atom. The number of aliphatic imine (C=N–C) groups is 1. The highest BCUT2D eigenvalue weighted by molar-refractivity contribution is 5.99. The van der Waals surface area contributed by atoms with Crippen LogP contribution in [0.5, 0.6) is 0 Å². The van der Waals surface area contributed by atoms with Crippen LogP contribution in [0.1, 0.15) is 25.8 Å². The van der Waals surface area contributed by atoms with Crippen LogP contribution in [0.2, 0.25) is 0 Å². The number of H-pyrrole nitrogens is 1. The van der Waals surface area contributed by atoms with Crippen LogP contribution in [0.3, 0.4) is 0 Å². The third-order valence-electron chi connectivity index (χ3n) is 5.29. The number of aromatic amines is 1. The van der Waals surface area contributed by atoms with E-state index in [1.165, 1.54) is 17.8 Å². The first-order valence-corrected chi connectivity index (χ1v) is 10.7. The van der Waals surface area contributed by atoms with Crippen molar-refractivity contribution in [3.8, 4) is 0 Å². The number of methoxy groups -OCH3 is 1. The van der Waals surface area contributed by atoms with Gasteiger partial charge in [-0.15, -0.1) is 0 Å². The quantitative estimate of drug-likeness (QED) is 0.515. The SMILES string of the molecule is COC1=NC=C(C)CC=C1Nc1cn(Cc2cccc(NC(=O)C(C)F)c2)c(=O)c2[nH]cnc12. The number of aromatic nitrogens is 3. The minimum absolute atomic E-state index is 0.225. The third-order valence-corrected chi connectivity index (χ3v) is 5.29. The number of halogens is 1. The summed E-state index contributed by atoms with van der Waals surface area (Å²) in [7, 11) is 1.54. The number of nitrogens with one attached hydrogen (secondary N) is 3. The van der Waals surface area contributed by atoms with Crippen LogP contribution in [-0.4, -0.2) is 39.6 Å². The van der Waals surface area contributed by atoms with Gasteiger partial charge < -0.3 is 24.9 Å². The Labute approximate surface area is 195 Å². The summed E-state index contributed by atoms with van der Waals surface area (Å²) < 4.78 is 20.2. The summed E-state index contributed by atoms with van der Waals surface area (Å²) in [6.45, 7) is 3.38. The number of carbonyl (C=O) groups excluding carboxylic acids is 1. The number of nitrogens with zero attached hydrogens (tertiary/aromatic N) is 3. The van der Waals surface area contributed by atoms with Crippen LogP contribution in [-0.2, 0) is 16.1 Å². The molecule has 0 bridgehead atoms. The van der Waals surface area contributed by atoms with Crippen molar-refractivity contribution in [1.82, 2.24) is 14.5 Å². The van der Waals surface area contributed by atoms with E-state index < -0.39 is 12.1 Å². The molecular weight excluding hydrogens is 439 g/mol. The average molecular weight is 465 g/mol. The maximum absolute atomic E-state index is 13.2. The maximum Gasteiger partial charge on any atom is 0.276 e. The predicted octanol–water partition coefficient (Wildman–Crippen LogP) is 3.72. The highest BCUT2D eigenvalue weighted by Gasteiger charge is 2.17. The molecule has 1 aromatic carbocycles. The van der Waals surface area contributed by atoms with Crippen molar-refractivity contribution in [3.63, 3.8) is 0 Å². The maximum atomic E-state index is 13.2. The molecule has 1 aliphatic rings. The smallest absolute Gasteiger partial charge is 0.276 e. The van der Waals surface area contributed by atoms with Gasteiger partial charge in [-0.3, -0.25) is 9.59 Å². The first kappa shape index (κ1) is 23.0. The van der Waals surface area contributed by atoms with Gasteiger partial charge in [0.2, 0.25) is 5.90 Å². The van der Waals surface area contributed by atoms with Crippen molar-refractivity contribution in [2.45, 2.75) is 33.0 Å². The molecule has 3 heterocycles. The monoisotopic (exact) mass is 464 g/mol. The largest absolute Gasteiger partial charge is 0.480 e. The minimum atomic E-state index is -1.62. The molecule has 1 atom stereocenters. The van der Waals surface area contributed by atoms with Gasteiger partial charge in [0.25, 0.3) is 11.5 Å². The molecule has 9 nitrogen and oxygen atoms in total. The number of amides is 1. The van der Waals surface area contributed by atoms with Crippen LogP contribution >= 0.6 is 0 Å². The predicted molar refractivity (Wildman–Crippen MR) is 130 cm³/mol. The Balaban J connectivity index is 1.68. The first-order chi connectivity index (χ1) is 16.4.